The van der Waals surface area contributed by atoms with Gasteiger partial charge in [0, 0.05) is 10.6 Å². The van der Waals surface area contributed by atoms with Crippen LogP contribution in [0.25, 0.3) is 0 Å². The molecule has 0 saturated carbocycles. The van der Waals surface area contributed by atoms with Crippen LogP contribution < -0.4 is 15.4 Å². The molecule has 0 aromatic heterocycles. The fourth-order valence-corrected chi connectivity index (χ4v) is 1.75. The number of halogens is 1. The fourth-order valence-electron chi connectivity index (χ4n) is 1.58. The van der Waals surface area contributed by atoms with E-state index in [9.17, 15) is 14.4 Å². The summed E-state index contributed by atoms with van der Waals surface area (Å²) in [7, 11) is 0. The lowest BCUT2D eigenvalue weighted by atomic mass is 10.1. The molecule has 1 rings (SSSR count). The Bertz CT molecular complexity index is 594. The van der Waals surface area contributed by atoms with E-state index in [1.54, 1.807) is 26.8 Å². The molecule has 1 aromatic carbocycles. The van der Waals surface area contributed by atoms with Crippen molar-refractivity contribution in [3.8, 4) is 5.75 Å². The Hall–Kier alpha value is -2.08. The minimum atomic E-state index is -0.619. The van der Waals surface area contributed by atoms with Crippen molar-refractivity contribution in [1.29, 1.82) is 0 Å². The monoisotopic (exact) mass is 326 g/mol. The molecular weight excluding hydrogens is 308 g/mol. The van der Waals surface area contributed by atoms with Gasteiger partial charge in [0.1, 0.15) is 5.75 Å². The van der Waals surface area contributed by atoms with Gasteiger partial charge in [-0.15, -0.1) is 0 Å². The molecule has 0 aliphatic carbocycles. The number of nitrogens with one attached hydrogen (secondary N) is 2. The molecule has 120 valence electrons. The molecule has 22 heavy (non-hydrogen) atoms. The van der Waals surface area contributed by atoms with Gasteiger partial charge >= 0.3 is 6.03 Å². The number of ether oxygens (including phenoxy) is 1. The quantitative estimate of drug-likeness (QED) is 0.833. The van der Waals surface area contributed by atoms with Crippen molar-refractivity contribution in [2.75, 3.05) is 6.61 Å². The van der Waals surface area contributed by atoms with Gasteiger partial charge in [0.15, 0.2) is 12.4 Å². The van der Waals surface area contributed by atoms with Crippen LogP contribution in [0.3, 0.4) is 0 Å². The maximum atomic E-state index is 11.7. The van der Waals surface area contributed by atoms with Crippen LogP contribution in [-0.4, -0.2) is 29.9 Å². The molecule has 0 bridgehead atoms. The molecule has 0 saturated heterocycles. The Morgan fingerprint density at radius 3 is 2.41 bits per heavy atom. The number of benzene rings is 1. The van der Waals surface area contributed by atoms with E-state index in [0.717, 1.165) is 0 Å². The van der Waals surface area contributed by atoms with Crippen molar-refractivity contribution >= 4 is 29.3 Å². The fraction of sp³-hybridized carbons (Fsp3) is 0.400. The summed E-state index contributed by atoms with van der Waals surface area (Å²) in [4.78, 5) is 34.7. The molecule has 0 unspecified atom stereocenters. The van der Waals surface area contributed by atoms with E-state index in [1.807, 2.05) is 0 Å². The first-order chi connectivity index (χ1) is 10.1. The Morgan fingerprint density at radius 1 is 1.23 bits per heavy atom. The Morgan fingerprint density at radius 2 is 1.86 bits per heavy atom. The zero-order chi connectivity index (χ0) is 16.9. The average molecular weight is 327 g/mol. The summed E-state index contributed by atoms with van der Waals surface area (Å²) < 4.78 is 5.27. The van der Waals surface area contributed by atoms with Crippen molar-refractivity contribution in [2.24, 2.45) is 0 Å². The van der Waals surface area contributed by atoms with Gasteiger partial charge < -0.3 is 10.1 Å². The Balaban J connectivity index is 2.62. The van der Waals surface area contributed by atoms with E-state index in [-0.39, 0.29) is 23.7 Å². The Labute approximate surface area is 134 Å². The lowest BCUT2D eigenvalue weighted by Crippen LogP contribution is -2.49. The van der Waals surface area contributed by atoms with Crippen LogP contribution in [0.4, 0.5) is 4.79 Å². The van der Waals surface area contributed by atoms with E-state index >= 15 is 0 Å². The van der Waals surface area contributed by atoms with Crippen LogP contribution in [0.15, 0.2) is 18.2 Å². The third-order valence-corrected chi connectivity index (χ3v) is 2.66. The predicted molar refractivity (Wildman–Crippen MR) is 83.4 cm³/mol. The third kappa shape index (κ3) is 6.13. The van der Waals surface area contributed by atoms with E-state index in [0.29, 0.717) is 5.02 Å². The van der Waals surface area contributed by atoms with Crippen molar-refractivity contribution in [2.45, 2.75) is 33.2 Å². The second-order valence-corrected chi connectivity index (χ2v) is 6.17. The average Bonchev–Trinajstić information content (AvgIpc) is 2.34. The summed E-state index contributed by atoms with van der Waals surface area (Å²) >= 11 is 5.81. The highest BCUT2D eigenvalue weighted by atomic mass is 35.5. The number of Topliss-reactive ketones (excluding diaryl/α,β-unsaturated/α-hetero) is 1. The topological polar surface area (TPSA) is 84.5 Å². The maximum absolute atomic E-state index is 11.7. The molecule has 0 radical (unpaired) electrons. The molecule has 0 aliphatic rings. The minimum Gasteiger partial charge on any atom is -0.483 e. The molecule has 6 nitrogen and oxygen atoms in total. The van der Waals surface area contributed by atoms with Gasteiger partial charge in [0.2, 0.25) is 0 Å². The van der Waals surface area contributed by atoms with Gasteiger partial charge in [-0.25, -0.2) is 4.79 Å². The molecule has 0 heterocycles. The van der Waals surface area contributed by atoms with E-state index < -0.39 is 17.5 Å². The van der Waals surface area contributed by atoms with Crippen LogP contribution in [0.2, 0.25) is 5.02 Å². The zero-order valence-corrected chi connectivity index (χ0v) is 13.7. The van der Waals surface area contributed by atoms with Gasteiger partial charge in [0.05, 0.1) is 5.56 Å². The van der Waals surface area contributed by atoms with Crippen molar-refractivity contribution in [1.82, 2.24) is 10.6 Å². The highest BCUT2D eigenvalue weighted by molar-refractivity contribution is 6.31. The van der Waals surface area contributed by atoms with Gasteiger partial charge in [-0.1, -0.05) is 11.6 Å². The minimum absolute atomic E-state index is 0.233. The van der Waals surface area contributed by atoms with Crippen LogP contribution in [0.1, 0.15) is 38.1 Å². The highest BCUT2D eigenvalue weighted by Crippen LogP contribution is 2.23. The van der Waals surface area contributed by atoms with Gasteiger partial charge in [-0.3, -0.25) is 14.9 Å². The smallest absolute Gasteiger partial charge is 0.321 e. The number of hydrogen-bond donors (Lipinski definition) is 2. The van der Waals surface area contributed by atoms with Crippen molar-refractivity contribution in [3.63, 3.8) is 0 Å². The maximum Gasteiger partial charge on any atom is 0.321 e. The molecule has 0 aliphatic heterocycles. The lowest BCUT2D eigenvalue weighted by molar-refractivity contribution is -0.122. The molecule has 0 spiro atoms. The zero-order valence-electron chi connectivity index (χ0n) is 13.0. The highest BCUT2D eigenvalue weighted by Gasteiger charge is 2.16. The van der Waals surface area contributed by atoms with Crippen molar-refractivity contribution in [3.05, 3.63) is 28.8 Å². The molecule has 0 atom stereocenters. The second kappa shape index (κ2) is 7.26. The molecule has 2 N–H and O–H groups in total. The summed E-state index contributed by atoms with van der Waals surface area (Å²) in [5, 5.41) is 5.12. The van der Waals surface area contributed by atoms with E-state index in [4.69, 9.17) is 16.3 Å². The first-order valence-corrected chi connectivity index (χ1v) is 7.01. The largest absolute Gasteiger partial charge is 0.483 e. The summed E-state index contributed by atoms with van der Waals surface area (Å²) in [5.41, 5.74) is -0.178. The van der Waals surface area contributed by atoms with Crippen LogP contribution >= 0.6 is 11.6 Å². The second-order valence-electron chi connectivity index (χ2n) is 5.74. The van der Waals surface area contributed by atoms with Crippen LogP contribution in [-0.2, 0) is 4.79 Å². The number of amides is 3. The lowest BCUT2D eigenvalue weighted by Gasteiger charge is -2.20. The van der Waals surface area contributed by atoms with Crippen molar-refractivity contribution < 1.29 is 19.1 Å². The van der Waals surface area contributed by atoms with Gasteiger partial charge in [-0.05, 0) is 45.9 Å². The third-order valence-electron chi connectivity index (χ3n) is 2.42. The molecule has 0 fully saturated rings. The molecular formula is C15H19ClN2O4. The number of rotatable bonds is 4. The number of imide groups is 1. The number of hydrogen-bond acceptors (Lipinski definition) is 4. The number of ketones is 1. The predicted octanol–water partition coefficient (Wildman–Crippen LogP) is 2.55. The first kappa shape index (κ1) is 18.0. The van der Waals surface area contributed by atoms with E-state index in [1.165, 1.54) is 19.1 Å². The summed E-state index contributed by atoms with van der Waals surface area (Å²) in [5.74, 6) is -0.613. The summed E-state index contributed by atoms with van der Waals surface area (Å²) in [6, 6.07) is 3.91. The summed E-state index contributed by atoms with van der Waals surface area (Å²) in [6.45, 7) is 6.36. The van der Waals surface area contributed by atoms with E-state index in [2.05, 4.69) is 10.6 Å². The Kier molecular flexibility index (Phi) is 5.93. The normalized spacial score (nSPS) is 10.8. The standard InChI is InChI=1S/C15H19ClN2O4/c1-9(19)11-7-10(16)5-6-12(11)22-8-13(20)17-14(21)18-15(2,3)4/h5-7H,8H2,1-4H3,(H2,17,18,20,21). The molecule has 1 aromatic rings. The number of carbonyl (C=O) groups excluding carboxylic acids is 3. The van der Waals surface area contributed by atoms with Crippen LogP contribution in [0.5, 0.6) is 5.75 Å². The van der Waals surface area contributed by atoms with Gasteiger partial charge in [0.25, 0.3) is 5.91 Å². The SMILES string of the molecule is CC(=O)c1cc(Cl)ccc1OCC(=O)NC(=O)NC(C)(C)C. The number of urea groups is 1. The first-order valence-electron chi connectivity index (χ1n) is 6.64. The van der Waals surface area contributed by atoms with Gasteiger partial charge in [-0.2, -0.15) is 0 Å². The molecule has 3 amide bonds. The number of carbonyl (C=O) groups is 3. The van der Waals surface area contributed by atoms with Crippen LogP contribution in [0, 0.1) is 0 Å². The summed E-state index contributed by atoms with van der Waals surface area (Å²) in [6.07, 6.45) is 0. The molecule has 7 heteroatoms.